The van der Waals surface area contributed by atoms with Crippen molar-refractivity contribution >= 4 is 11.8 Å². The third-order valence-electron chi connectivity index (χ3n) is 3.11. The van der Waals surface area contributed by atoms with E-state index in [9.17, 15) is 9.59 Å². The fraction of sp³-hybridized carbons (Fsp3) is 0.846. The van der Waals surface area contributed by atoms with Crippen LogP contribution < -0.4 is 16.0 Å². The molecule has 0 spiro atoms. The molecule has 1 rings (SSSR count). The lowest BCUT2D eigenvalue weighted by molar-refractivity contribution is -0.126. The fourth-order valence-corrected chi connectivity index (χ4v) is 2.02. The summed E-state index contributed by atoms with van der Waals surface area (Å²) in [5.41, 5.74) is 0. The number of rotatable bonds is 7. The Morgan fingerprint density at radius 3 is 2.78 bits per heavy atom. The van der Waals surface area contributed by atoms with E-state index in [-0.39, 0.29) is 18.4 Å². The first-order valence-electron chi connectivity index (χ1n) is 6.89. The largest absolute Gasteiger partial charge is 0.355 e. The number of piperidine rings is 1. The Kier molecular flexibility index (Phi) is 7.41. The molecule has 1 unspecified atom stereocenters. The lowest BCUT2D eigenvalue weighted by Gasteiger charge is -2.20. The molecular formula is C13H24N3O2. The first-order chi connectivity index (χ1) is 8.72. The molecule has 0 aromatic rings. The molecule has 0 aromatic heterocycles. The summed E-state index contributed by atoms with van der Waals surface area (Å²) in [5.74, 6) is 0.406. The van der Waals surface area contributed by atoms with Crippen molar-refractivity contribution in [2.75, 3.05) is 26.2 Å². The standard InChI is InChI=1S/C13H24N3O2/c1-2-7-15-13(18)10-16-12(17)6-5-11-4-3-8-14-9-11/h11H,2-10H2,1H3,(H,15,18)(H,16,17). The highest BCUT2D eigenvalue weighted by Crippen LogP contribution is 2.16. The SMILES string of the molecule is CCCNC(=O)CNC(=O)CCC1CCC[N]C1. The van der Waals surface area contributed by atoms with E-state index in [1.165, 1.54) is 6.42 Å². The smallest absolute Gasteiger partial charge is 0.239 e. The van der Waals surface area contributed by atoms with E-state index in [4.69, 9.17) is 0 Å². The van der Waals surface area contributed by atoms with Gasteiger partial charge in [0.1, 0.15) is 0 Å². The van der Waals surface area contributed by atoms with Crippen molar-refractivity contribution in [2.45, 2.75) is 39.0 Å². The van der Waals surface area contributed by atoms with Crippen LogP contribution in [0.3, 0.4) is 0 Å². The van der Waals surface area contributed by atoms with Gasteiger partial charge < -0.3 is 10.6 Å². The highest BCUT2D eigenvalue weighted by Gasteiger charge is 2.15. The van der Waals surface area contributed by atoms with Gasteiger partial charge in [0.15, 0.2) is 0 Å². The Balaban J connectivity index is 2.04. The van der Waals surface area contributed by atoms with Crippen molar-refractivity contribution in [1.29, 1.82) is 0 Å². The normalized spacial score (nSPS) is 19.3. The van der Waals surface area contributed by atoms with Crippen LogP contribution in [0.15, 0.2) is 0 Å². The average molecular weight is 254 g/mol. The molecule has 0 bridgehead atoms. The van der Waals surface area contributed by atoms with Gasteiger partial charge in [0.25, 0.3) is 0 Å². The molecule has 2 amide bonds. The summed E-state index contributed by atoms with van der Waals surface area (Å²) in [4.78, 5) is 22.8. The molecule has 0 aliphatic carbocycles. The minimum absolute atomic E-state index is 0.0350. The predicted octanol–water partition coefficient (Wildman–Crippen LogP) is 0.423. The van der Waals surface area contributed by atoms with Crippen LogP contribution >= 0.6 is 0 Å². The summed E-state index contributed by atoms with van der Waals surface area (Å²) >= 11 is 0. The Labute approximate surface area is 109 Å². The van der Waals surface area contributed by atoms with Crippen LogP contribution in [0.4, 0.5) is 0 Å². The maximum Gasteiger partial charge on any atom is 0.239 e. The molecule has 0 saturated carbocycles. The van der Waals surface area contributed by atoms with Crippen molar-refractivity contribution in [3.05, 3.63) is 0 Å². The Bertz CT molecular complexity index is 263. The first-order valence-corrected chi connectivity index (χ1v) is 6.89. The van der Waals surface area contributed by atoms with Gasteiger partial charge in [-0.25, -0.2) is 5.32 Å². The maximum absolute atomic E-state index is 11.5. The van der Waals surface area contributed by atoms with Crippen LogP contribution in [0.5, 0.6) is 0 Å². The average Bonchev–Trinajstić information content (AvgIpc) is 2.41. The number of amides is 2. The Morgan fingerprint density at radius 1 is 1.28 bits per heavy atom. The van der Waals surface area contributed by atoms with Crippen molar-refractivity contribution in [1.82, 2.24) is 16.0 Å². The van der Waals surface area contributed by atoms with Gasteiger partial charge in [0.05, 0.1) is 6.54 Å². The molecular weight excluding hydrogens is 230 g/mol. The molecule has 1 radical (unpaired) electrons. The molecule has 5 heteroatoms. The number of carbonyl (C=O) groups is 2. The molecule has 1 aliphatic rings. The van der Waals surface area contributed by atoms with E-state index in [1.807, 2.05) is 6.92 Å². The van der Waals surface area contributed by atoms with E-state index in [0.717, 1.165) is 32.4 Å². The second-order valence-corrected chi connectivity index (χ2v) is 4.80. The van der Waals surface area contributed by atoms with Crippen LogP contribution in [-0.4, -0.2) is 38.0 Å². The maximum atomic E-state index is 11.5. The van der Waals surface area contributed by atoms with E-state index in [1.54, 1.807) is 0 Å². The van der Waals surface area contributed by atoms with Crippen molar-refractivity contribution in [3.8, 4) is 0 Å². The summed E-state index contributed by atoms with van der Waals surface area (Å²) in [7, 11) is 0. The number of nitrogens with zero attached hydrogens (tertiary/aromatic N) is 1. The number of nitrogens with one attached hydrogen (secondary N) is 2. The monoisotopic (exact) mass is 254 g/mol. The second kappa shape index (κ2) is 8.91. The number of carbonyl (C=O) groups excluding carboxylic acids is 2. The highest BCUT2D eigenvalue weighted by molar-refractivity contribution is 5.84. The van der Waals surface area contributed by atoms with Gasteiger partial charge in [-0.05, 0) is 31.6 Å². The van der Waals surface area contributed by atoms with Gasteiger partial charge in [0.2, 0.25) is 11.8 Å². The molecule has 0 aromatic carbocycles. The van der Waals surface area contributed by atoms with Gasteiger partial charge in [0, 0.05) is 26.1 Å². The zero-order chi connectivity index (χ0) is 13.2. The minimum Gasteiger partial charge on any atom is -0.355 e. The molecule has 2 N–H and O–H groups in total. The Hall–Kier alpha value is -1.10. The van der Waals surface area contributed by atoms with Gasteiger partial charge in [-0.1, -0.05) is 6.92 Å². The third-order valence-corrected chi connectivity index (χ3v) is 3.11. The van der Waals surface area contributed by atoms with Crippen molar-refractivity contribution < 1.29 is 9.59 Å². The summed E-state index contributed by atoms with van der Waals surface area (Å²) in [6, 6.07) is 0. The zero-order valence-electron chi connectivity index (χ0n) is 11.2. The van der Waals surface area contributed by atoms with Gasteiger partial charge >= 0.3 is 0 Å². The second-order valence-electron chi connectivity index (χ2n) is 4.80. The fourth-order valence-electron chi connectivity index (χ4n) is 2.02. The summed E-state index contributed by atoms with van der Waals surface area (Å²) < 4.78 is 0. The van der Waals surface area contributed by atoms with E-state index < -0.39 is 0 Å². The van der Waals surface area contributed by atoms with E-state index >= 15 is 0 Å². The summed E-state index contributed by atoms with van der Waals surface area (Å²) in [6.07, 6.45) is 4.61. The molecule has 18 heavy (non-hydrogen) atoms. The minimum atomic E-state index is -0.113. The molecule has 1 saturated heterocycles. The molecule has 5 nitrogen and oxygen atoms in total. The van der Waals surface area contributed by atoms with Crippen LogP contribution in [0.2, 0.25) is 0 Å². The quantitative estimate of drug-likeness (QED) is 0.691. The van der Waals surface area contributed by atoms with Crippen LogP contribution in [-0.2, 0) is 9.59 Å². The molecule has 1 aliphatic heterocycles. The predicted molar refractivity (Wildman–Crippen MR) is 70.1 cm³/mol. The lowest BCUT2D eigenvalue weighted by atomic mass is 9.94. The third kappa shape index (κ3) is 6.59. The number of hydrogen-bond acceptors (Lipinski definition) is 2. The van der Waals surface area contributed by atoms with E-state index in [0.29, 0.717) is 18.9 Å². The van der Waals surface area contributed by atoms with E-state index in [2.05, 4.69) is 16.0 Å². The van der Waals surface area contributed by atoms with Gasteiger partial charge in [-0.15, -0.1) is 0 Å². The summed E-state index contributed by atoms with van der Waals surface area (Å²) in [6.45, 7) is 4.62. The number of hydrogen-bond donors (Lipinski definition) is 2. The summed E-state index contributed by atoms with van der Waals surface area (Å²) in [5, 5.41) is 9.72. The van der Waals surface area contributed by atoms with Gasteiger partial charge in [-0.2, -0.15) is 0 Å². The highest BCUT2D eigenvalue weighted by atomic mass is 16.2. The first kappa shape index (κ1) is 15.0. The molecule has 1 atom stereocenters. The zero-order valence-corrected chi connectivity index (χ0v) is 11.2. The van der Waals surface area contributed by atoms with Crippen LogP contribution in [0.25, 0.3) is 0 Å². The molecule has 103 valence electrons. The molecule has 1 heterocycles. The van der Waals surface area contributed by atoms with Crippen LogP contribution in [0.1, 0.15) is 39.0 Å². The van der Waals surface area contributed by atoms with Crippen molar-refractivity contribution in [3.63, 3.8) is 0 Å². The van der Waals surface area contributed by atoms with Crippen molar-refractivity contribution in [2.24, 2.45) is 5.92 Å². The Morgan fingerprint density at radius 2 is 2.11 bits per heavy atom. The topological polar surface area (TPSA) is 72.3 Å². The molecule has 1 fully saturated rings. The van der Waals surface area contributed by atoms with Crippen LogP contribution in [0, 0.1) is 5.92 Å². The van der Waals surface area contributed by atoms with Gasteiger partial charge in [-0.3, -0.25) is 9.59 Å². The lowest BCUT2D eigenvalue weighted by Crippen LogP contribution is -2.37.